The fourth-order valence-corrected chi connectivity index (χ4v) is 2.94. The maximum absolute atomic E-state index is 5.62. The van der Waals surface area contributed by atoms with E-state index in [9.17, 15) is 0 Å². The highest BCUT2D eigenvalue weighted by Gasteiger charge is 2.15. The Morgan fingerprint density at radius 1 is 1.26 bits per heavy atom. The van der Waals surface area contributed by atoms with Gasteiger partial charge in [0.2, 0.25) is 0 Å². The summed E-state index contributed by atoms with van der Waals surface area (Å²) in [6, 6.07) is 8.63. The highest BCUT2D eigenvalue weighted by Crippen LogP contribution is 2.30. The summed E-state index contributed by atoms with van der Waals surface area (Å²) in [5, 5.41) is 1.36. The Labute approximate surface area is 114 Å². The van der Waals surface area contributed by atoms with E-state index in [0.29, 0.717) is 0 Å². The normalized spacial score (nSPS) is 16.8. The van der Waals surface area contributed by atoms with Gasteiger partial charge in [-0.3, -0.25) is 4.90 Å². The summed E-state index contributed by atoms with van der Waals surface area (Å²) in [6.45, 7) is 3.89. The molecule has 0 atom stereocenters. The van der Waals surface area contributed by atoms with Crippen molar-refractivity contribution in [3.05, 3.63) is 42.1 Å². The molecular formula is C16H21N3. The molecule has 1 aromatic heterocycles. The molecule has 2 N–H and O–H groups in total. The molecule has 3 rings (SSSR count). The molecule has 2 aromatic rings. The molecule has 1 aromatic carbocycles. The Morgan fingerprint density at radius 3 is 2.84 bits per heavy atom. The van der Waals surface area contributed by atoms with Crippen molar-refractivity contribution in [3.63, 3.8) is 0 Å². The molecule has 0 spiro atoms. The van der Waals surface area contributed by atoms with Crippen molar-refractivity contribution in [2.45, 2.75) is 6.42 Å². The van der Waals surface area contributed by atoms with Crippen LogP contribution in [0.1, 0.15) is 12.0 Å². The Bertz CT molecular complexity index is 609. The number of aromatic nitrogens is 1. The number of nitrogens with zero attached hydrogens (tertiary/aromatic N) is 2. The lowest BCUT2D eigenvalue weighted by Crippen LogP contribution is -2.33. The van der Waals surface area contributed by atoms with Crippen LogP contribution in [-0.4, -0.2) is 35.6 Å². The highest BCUT2D eigenvalue weighted by atomic mass is 15.1. The summed E-state index contributed by atoms with van der Waals surface area (Å²) in [7, 11) is 2.12. The van der Waals surface area contributed by atoms with Gasteiger partial charge in [0.1, 0.15) is 0 Å². The van der Waals surface area contributed by atoms with Crippen molar-refractivity contribution >= 4 is 16.5 Å². The van der Waals surface area contributed by atoms with E-state index in [4.69, 9.17) is 5.73 Å². The molecule has 0 unspecified atom stereocenters. The number of aryl methyl sites for hydroxylation is 1. The number of benzene rings is 1. The Kier molecular flexibility index (Phi) is 3.40. The summed E-state index contributed by atoms with van der Waals surface area (Å²) in [5.74, 6) is 0. The lowest BCUT2D eigenvalue weighted by atomic mass is 9.99. The van der Waals surface area contributed by atoms with Gasteiger partial charge in [0.05, 0.1) is 0 Å². The molecule has 0 radical (unpaired) electrons. The number of nitrogens with two attached hydrogens (primary N) is 1. The lowest BCUT2D eigenvalue weighted by Gasteiger charge is -2.25. The predicted molar refractivity (Wildman–Crippen MR) is 81.0 cm³/mol. The molecule has 0 saturated carbocycles. The fraction of sp³-hybridized carbons (Fsp3) is 0.375. The van der Waals surface area contributed by atoms with Gasteiger partial charge < -0.3 is 10.3 Å². The van der Waals surface area contributed by atoms with E-state index < -0.39 is 0 Å². The monoisotopic (exact) mass is 255 g/mol. The first-order valence-electron chi connectivity index (χ1n) is 6.95. The van der Waals surface area contributed by atoms with Gasteiger partial charge in [0, 0.05) is 55.9 Å². The molecule has 3 nitrogen and oxygen atoms in total. The molecule has 100 valence electrons. The van der Waals surface area contributed by atoms with Crippen LogP contribution >= 0.6 is 0 Å². The zero-order valence-corrected chi connectivity index (χ0v) is 11.5. The average Bonchev–Trinajstić information content (AvgIpc) is 2.78. The minimum Gasteiger partial charge on any atom is -0.350 e. The van der Waals surface area contributed by atoms with Gasteiger partial charge in [-0.25, -0.2) is 0 Å². The van der Waals surface area contributed by atoms with E-state index in [2.05, 4.69) is 53.1 Å². The van der Waals surface area contributed by atoms with Gasteiger partial charge in [-0.1, -0.05) is 24.3 Å². The van der Waals surface area contributed by atoms with Crippen LogP contribution in [0.3, 0.4) is 0 Å². The van der Waals surface area contributed by atoms with E-state index in [0.717, 1.165) is 32.6 Å². The molecule has 0 bridgehead atoms. The van der Waals surface area contributed by atoms with Gasteiger partial charge >= 0.3 is 0 Å². The van der Waals surface area contributed by atoms with Crippen molar-refractivity contribution in [1.29, 1.82) is 0 Å². The summed E-state index contributed by atoms with van der Waals surface area (Å²) in [4.78, 5) is 2.41. The van der Waals surface area contributed by atoms with Crippen LogP contribution in [0.2, 0.25) is 0 Å². The summed E-state index contributed by atoms with van der Waals surface area (Å²) >= 11 is 0. The van der Waals surface area contributed by atoms with Gasteiger partial charge in [-0.05, 0) is 18.1 Å². The van der Waals surface area contributed by atoms with E-state index in [1.165, 1.54) is 22.0 Å². The molecule has 0 aliphatic carbocycles. The SMILES string of the molecule is Cn1cc(C2=CCN(CCN)CC2)c2ccccc21. The van der Waals surface area contributed by atoms with Crippen LogP contribution in [0.5, 0.6) is 0 Å². The van der Waals surface area contributed by atoms with Crippen LogP contribution in [0.15, 0.2) is 36.5 Å². The third-order valence-corrected chi connectivity index (χ3v) is 3.98. The van der Waals surface area contributed by atoms with Crippen molar-refractivity contribution in [3.8, 4) is 0 Å². The Balaban J connectivity index is 1.93. The second-order valence-corrected chi connectivity index (χ2v) is 5.24. The second kappa shape index (κ2) is 5.19. The third-order valence-electron chi connectivity index (χ3n) is 3.98. The molecular weight excluding hydrogens is 234 g/mol. The van der Waals surface area contributed by atoms with Crippen LogP contribution in [0.25, 0.3) is 16.5 Å². The molecule has 3 heteroatoms. The quantitative estimate of drug-likeness (QED) is 0.912. The van der Waals surface area contributed by atoms with Crippen molar-refractivity contribution < 1.29 is 0 Å². The van der Waals surface area contributed by atoms with Gasteiger partial charge in [0.25, 0.3) is 0 Å². The van der Waals surface area contributed by atoms with Crippen molar-refractivity contribution in [2.75, 3.05) is 26.2 Å². The topological polar surface area (TPSA) is 34.2 Å². The smallest absolute Gasteiger partial charge is 0.0484 e. The summed E-state index contributed by atoms with van der Waals surface area (Å²) in [6.07, 6.45) is 5.74. The number of hydrogen-bond acceptors (Lipinski definition) is 2. The second-order valence-electron chi connectivity index (χ2n) is 5.24. The zero-order valence-electron chi connectivity index (χ0n) is 11.5. The summed E-state index contributed by atoms with van der Waals surface area (Å²) in [5.41, 5.74) is 9.80. The standard InChI is InChI=1S/C16H21N3/c1-18-12-15(14-4-2-3-5-16(14)18)13-6-9-19(10-7-13)11-8-17/h2-6,12H,7-11,17H2,1H3. The van der Waals surface area contributed by atoms with Crippen molar-refractivity contribution in [1.82, 2.24) is 9.47 Å². The molecule has 0 saturated heterocycles. The number of para-hydroxylation sites is 1. The van der Waals surface area contributed by atoms with Crippen LogP contribution in [-0.2, 0) is 7.05 Å². The molecule has 19 heavy (non-hydrogen) atoms. The average molecular weight is 255 g/mol. The number of fused-ring (bicyclic) bond motifs is 1. The third kappa shape index (κ3) is 2.31. The maximum Gasteiger partial charge on any atom is 0.0484 e. The van der Waals surface area contributed by atoms with Gasteiger partial charge in [0.15, 0.2) is 0 Å². The van der Waals surface area contributed by atoms with Crippen LogP contribution < -0.4 is 5.73 Å². The predicted octanol–water partition coefficient (Wildman–Crippen LogP) is 2.23. The molecule has 2 heterocycles. The fourth-order valence-electron chi connectivity index (χ4n) is 2.94. The van der Waals surface area contributed by atoms with E-state index in [1.54, 1.807) is 0 Å². The number of hydrogen-bond donors (Lipinski definition) is 1. The van der Waals surface area contributed by atoms with Gasteiger partial charge in [-0.15, -0.1) is 0 Å². The minimum absolute atomic E-state index is 0.747. The van der Waals surface area contributed by atoms with Crippen LogP contribution in [0.4, 0.5) is 0 Å². The maximum atomic E-state index is 5.62. The van der Waals surface area contributed by atoms with Crippen LogP contribution in [0, 0.1) is 0 Å². The molecule has 1 aliphatic heterocycles. The lowest BCUT2D eigenvalue weighted by molar-refractivity contribution is 0.310. The minimum atomic E-state index is 0.747. The van der Waals surface area contributed by atoms with Crippen molar-refractivity contribution in [2.24, 2.45) is 12.8 Å². The first-order valence-corrected chi connectivity index (χ1v) is 6.95. The first-order chi connectivity index (χ1) is 9.29. The van der Waals surface area contributed by atoms with E-state index in [-0.39, 0.29) is 0 Å². The highest BCUT2D eigenvalue weighted by molar-refractivity contribution is 5.93. The number of rotatable bonds is 3. The first kappa shape index (κ1) is 12.5. The zero-order chi connectivity index (χ0) is 13.2. The Morgan fingerprint density at radius 2 is 2.11 bits per heavy atom. The largest absolute Gasteiger partial charge is 0.350 e. The van der Waals surface area contributed by atoms with E-state index >= 15 is 0 Å². The molecule has 1 aliphatic rings. The molecule has 0 fully saturated rings. The Hall–Kier alpha value is -1.58. The van der Waals surface area contributed by atoms with E-state index in [1.807, 2.05) is 0 Å². The van der Waals surface area contributed by atoms with Gasteiger partial charge in [-0.2, -0.15) is 0 Å². The molecule has 0 amide bonds. The summed E-state index contributed by atoms with van der Waals surface area (Å²) < 4.78 is 2.22.